The quantitative estimate of drug-likeness (QED) is 0.354. The van der Waals surface area contributed by atoms with Gasteiger partial charge in [-0.05, 0) is 36.6 Å². The van der Waals surface area contributed by atoms with Crippen molar-refractivity contribution in [3.63, 3.8) is 0 Å². The predicted octanol–water partition coefficient (Wildman–Crippen LogP) is 4.93. The molecule has 0 spiro atoms. The Morgan fingerprint density at radius 2 is 1.93 bits per heavy atom. The van der Waals surface area contributed by atoms with Crippen LogP contribution in [0.3, 0.4) is 0 Å². The molecule has 0 fully saturated rings. The fourth-order valence-corrected chi connectivity index (χ4v) is 4.06. The molecule has 6 nitrogen and oxygen atoms in total. The zero-order valence-corrected chi connectivity index (χ0v) is 18.7. The maximum Gasteiger partial charge on any atom is 0.234 e. The minimum atomic E-state index is -0.0772. The van der Waals surface area contributed by atoms with Gasteiger partial charge in [0.15, 0.2) is 11.0 Å². The highest BCUT2D eigenvalue weighted by atomic mass is 35.5. The second kappa shape index (κ2) is 11.2. The van der Waals surface area contributed by atoms with Crippen molar-refractivity contribution in [2.45, 2.75) is 31.5 Å². The van der Waals surface area contributed by atoms with Crippen LogP contribution in [0.1, 0.15) is 18.9 Å². The SMILES string of the molecule is CCc1ccccc1NC(=O)CSc1nnc(-c2ccccc2Cl)n1CCCOC. The van der Waals surface area contributed by atoms with Crippen LogP contribution in [0, 0.1) is 0 Å². The summed E-state index contributed by atoms with van der Waals surface area (Å²) in [5.41, 5.74) is 2.78. The fraction of sp³-hybridized carbons (Fsp3) is 0.318. The lowest BCUT2D eigenvalue weighted by Crippen LogP contribution is -2.16. The summed E-state index contributed by atoms with van der Waals surface area (Å²) in [5.74, 6) is 0.853. The topological polar surface area (TPSA) is 69.0 Å². The Bertz CT molecular complexity index is 993. The molecule has 2 aromatic carbocycles. The van der Waals surface area contributed by atoms with Gasteiger partial charge in [-0.1, -0.05) is 60.6 Å². The molecule has 0 aliphatic carbocycles. The third kappa shape index (κ3) is 5.62. The Kier molecular flexibility index (Phi) is 8.30. The summed E-state index contributed by atoms with van der Waals surface area (Å²) in [6.07, 6.45) is 1.66. The van der Waals surface area contributed by atoms with E-state index >= 15 is 0 Å². The smallest absolute Gasteiger partial charge is 0.234 e. The van der Waals surface area contributed by atoms with E-state index in [2.05, 4.69) is 22.4 Å². The molecule has 0 saturated carbocycles. The molecular weight excluding hydrogens is 420 g/mol. The van der Waals surface area contributed by atoms with E-state index in [1.165, 1.54) is 11.8 Å². The zero-order chi connectivity index (χ0) is 21.3. The molecule has 0 saturated heterocycles. The van der Waals surface area contributed by atoms with E-state index in [-0.39, 0.29) is 11.7 Å². The highest BCUT2D eigenvalue weighted by Gasteiger charge is 2.17. The molecule has 158 valence electrons. The Morgan fingerprint density at radius 1 is 1.17 bits per heavy atom. The van der Waals surface area contributed by atoms with Gasteiger partial charge in [0, 0.05) is 31.5 Å². The molecule has 0 bridgehead atoms. The van der Waals surface area contributed by atoms with E-state index in [1.54, 1.807) is 7.11 Å². The van der Waals surface area contributed by atoms with Crippen LogP contribution in [0.15, 0.2) is 53.7 Å². The number of aromatic nitrogens is 3. The van der Waals surface area contributed by atoms with Gasteiger partial charge in [0.1, 0.15) is 0 Å². The van der Waals surface area contributed by atoms with Crippen molar-refractivity contribution in [1.82, 2.24) is 14.8 Å². The van der Waals surface area contributed by atoms with Crippen molar-refractivity contribution < 1.29 is 9.53 Å². The molecule has 1 amide bonds. The number of carbonyl (C=O) groups excluding carboxylic acids is 1. The summed E-state index contributed by atoms with van der Waals surface area (Å²) < 4.78 is 7.18. The second-order valence-corrected chi connectivity index (χ2v) is 7.98. The number of methoxy groups -OCH3 is 1. The number of amides is 1. The fourth-order valence-electron chi connectivity index (χ4n) is 3.07. The molecule has 1 aromatic heterocycles. The molecular formula is C22H25ClN4O2S. The van der Waals surface area contributed by atoms with Gasteiger partial charge < -0.3 is 14.6 Å². The normalized spacial score (nSPS) is 10.9. The standard InChI is InChI=1S/C22H25ClN4O2S/c1-3-16-9-4-7-12-19(16)24-20(28)15-30-22-26-25-21(27(22)13-8-14-29-2)17-10-5-6-11-18(17)23/h4-7,9-12H,3,8,13-15H2,1-2H3,(H,24,28). The maximum absolute atomic E-state index is 12.5. The summed E-state index contributed by atoms with van der Waals surface area (Å²) in [6.45, 7) is 3.36. The molecule has 1 N–H and O–H groups in total. The lowest BCUT2D eigenvalue weighted by atomic mass is 10.1. The lowest BCUT2D eigenvalue weighted by molar-refractivity contribution is -0.113. The Labute approximate surface area is 186 Å². The molecule has 3 rings (SSSR count). The summed E-state index contributed by atoms with van der Waals surface area (Å²) in [4.78, 5) is 12.5. The summed E-state index contributed by atoms with van der Waals surface area (Å²) in [6, 6.07) is 15.4. The Morgan fingerprint density at radius 3 is 2.70 bits per heavy atom. The zero-order valence-electron chi connectivity index (χ0n) is 17.1. The van der Waals surface area contributed by atoms with Crippen molar-refractivity contribution in [3.8, 4) is 11.4 Å². The van der Waals surface area contributed by atoms with Crippen LogP contribution in [0.5, 0.6) is 0 Å². The first-order valence-corrected chi connectivity index (χ1v) is 11.2. The Balaban J connectivity index is 1.75. The van der Waals surface area contributed by atoms with Crippen LogP contribution < -0.4 is 5.32 Å². The Hall–Kier alpha value is -2.35. The number of hydrogen-bond donors (Lipinski definition) is 1. The van der Waals surface area contributed by atoms with Gasteiger partial charge >= 0.3 is 0 Å². The van der Waals surface area contributed by atoms with Gasteiger partial charge in [0.25, 0.3) is 0 Å². The number of ether oxygens (including phenoxy) is 1. The van der Waals surface area contributed by atoms with Crippen molar-refractivity contribution in [2.24, 2.45) is 0 Å². The second-order valence-electron chi connectivity index (χ2n) is 6.63. The van der Waals surface area contributed by atoms with E-state index in [0.29, 0.717) is 29.2 Å². The van der Waals surface area contributed by atoms with Crippen LogP contribution in [0.2, 0.25) is 5.02 Å². The average molecular weight is 445 g/mol. The van der Waals surface area contributed by atoms with Gasteiger partial charge in [-0.2, -0.15) is 0 Å². The van der Waals surface area contributed by atoms with Crippen molar-refractivity contribution in [1.29, 1.82) is 0 Å². The molecule has 1 heterocycles. The van der Waals surface area contributed by atoms with Crippen LogP contribution in [-0.4, -0.2) is 40.1 Å². The number of anilines is 1. The van der Waals surface area contributed by atoms with Crippen LogP contribution >= 0.6 is 23.4 Å². The molecule has 0 atom stereocenters. The predicted molar refractivity (Wildman–Crippen MR) is 122 cm³/mol. The third-order valence-corrected chi connectivity index (χ3v) is 5.86. The number of carbonyl (C=O) groups is 1. The van der Waals surface area contributed by atoms with Gasteiger partial charge in [-0.3, -0.25) is 4.79 Å². The number of benzene rings is 2. The van der Waals surface area contributed by atoms with Crippen LogP contribution in [0.4, 0.5) is 5.69 Å². The minimum Gasteiger partial charge on any atom is -0.385 e. The maximum atomic E-state index is 12.5. The van der Waals surface area contributed by atoms with Crippen molar-refractivity contribution in [3.05, 3.63) is 59.1 Å². The molecule has 3 aromatic rings. The highest BCUT2D eigenvalue weighted by Crippen LogP contribution is 2.29. The van der Waals surface area contributed by atoms with Gasteiger partial charge in [0.2, 0.25) is 5.91 Å². The first-order valence-electron chi connectivity index (χ1n) is 9.81. The molecule has 0 aliphatic heterocycles. The van der Waals surface area contributed by atoms with Gasteiger partial charge in [-0.15, -0.1) is 10.2 Å². The largest absolute Gasteiger partial charge is 0.385 e. The lowest BCUT2D eigenvalue weighted by Gasteiger charge is -2.12. The molecule has 0 radical (unpaired) electrons. The number of hydrogen-bond acceptors (Lipinski definition) is 5. The van der Waals surface area contributed by atoms with E-state index in [1.807, 2.05) is 53.1 Å². The van der Waals surface area contributed by atoms with Gasteiger partial charge in [0.05, 0.1) is 10.8 Å². The summed E-state index contributed by atoms with van der Waals surface area (Å²) in [7, 11) is 1.68. The number of halogens is 1. The third-order valence-electron chi connectivity index (χ3n) is 4.57. The van der Waals surface area contributed by atoms with E-state index in [4.69, 9.17) is 16.3 Å². The summed E-state index contributed by atoms with van der Waals surface area (Å²) in [5, 5.41) is 13.0. The molecule has 0 aliphatic rings. The number of rotatable bonds is 10. The van der Waals surface area contributed by atoms with Gasteiger partial charge in [-0.25, -0.2) is 0 Å². The first kappa shape index (κ1) is 22.3. The monoisotopic (exact) mass is 444 g/mol. The van der Waals surface area contributed by atoms with E-state index < -0.39 is 0 Å². The number of para-hydroxylation sites is 1. The van der Waals surface area contributed by atoms with Crippen molar-refractivity contribution >= 4 is 35.0 Å². The minimum absolute atomic E-state index is 0.0772. The number of nitrogens with one attached hydrogen (secondary N) is 1. The molecule has 30 heavy (non-hydrogen) atoms. The number of nitrogens with zero attached hydrogens (tertiary/aromatic N) is 3. The molecule has 0 unspecified atom stereocenters. The average Bonchev–Trinajstić information content (AvgIpc) is 3.15. The van der Waals surface area contributed by atoms with Crippen LogP contribution in [-0.2, 0) is 22.5 Å². The van der Waals surface area contributed by atoms with E-state index in [9.17, 15) is 4.79 Å². The van der Waals surface area contributed by atoms with E-state index in [0.717, 1.165) is 29.7 Å². The summed E-state index contributed by atoms with van der Waals surface area (Å²) >= 11 is 7.73. The van der Waals surface area contributed by atoms with Crippen LogP contribution in [0.25, 0.3) is 11.4 Å². The van der Waals surface area contributed by atoms with Crippen molar-refractivity contribution in [2.75, 3.05) is 24.8 Å². The first-order chi connectivity index (χ1) is 14.6. The molecule has 8 heteroatoms. The highest BCUT2D eigenvalue weighted by molar-refractivity contribution is 7.99. The number of thioether (sulfide) groups is 1. The number of aryl methyl sites for hydroxylation is 1.